The zero-order valence-corrected chi connectivity index (χ0v) is 22.2. The molecule has 1 aromatic heterocycles. The van der Waals surface area contributed by atoms with Gasteiger partial charge >= 0.3 is 5.97 Å². The number of rotatable bonds is 7. The van der Waals surface area contributed by atoms with Gasteiger partial charge in [-0.15, -0.1) is 0 Å². The van der Waals surface area contributed by atoms with Crippen LogP contribution in [0.4, 0.5) is 0 Å². The van der Waals surface area contributed by atoms with Crippen molar-refractivity contribution in [1.29, 1.82) is 0 Å². The van der Waals surface area contributed by atoms with E-state index < -0.39 is 12.0 Å². The molecule has 0 amide bonds. The highest BCUT2D eigenvalue weighted by Crippen LogP contribution is 2.34. The van der Waals surface area contributed by atoms with Crippen molar-refractivity contribution in [1.82, 2.24) is 4.57 Å². The van der Waals surface area contributed by atoms with Crippen LogP contribution >= 0.6 is 38.9 Å². The Morgan fingerprint density at radius 1 is 1.31 bits per heavy atom. The van der Waals surface area contributed by atoms with E-state index in [0.29, 0.717) is 38.0 Å². The first kappa shape index (κ1) is 25.2. The quantitative estimate of drug-likeness (QED) is 0.301. The maximum absolute atomic E-state index is 13.8. The third-order valence-corrected chi connectivity index (χ3v) is 7.15. The maximum atomic E-state index is 13.8. The molecule has 6 nitrogen and oxygen atoms in total. The van der Waals surface area contributed by atoms with Crippen LogP contribution in [-0.4, -0.2) is 23.8 Å². The molecular weight excluding hydrogens is 552 g/mol. The Bertz CT molecular complexity index is 1520. The van der Waals surface area contributed by atoms with E-state index in [-0.39, 0.29) is 17.7 Å². The number of benzene rings is 2. The van der Waals surface area contributed by atoms with Crippen molar-refractivity contribution < 1.29 is 14.3 Å². The first-order chi connectivity index (χ1) is 16.8. The second-order valence-electron chi connectivity index (χ2n) is 7.61. The fourth-order valence-corrected chi connectivity index (χ4v) is 5.49. The number of thiazole rings is 1. The van der Waals surface area contributed by atoms with E-state index in [1.54, 1.807) is 44.2 Å². The van der Waals surface area contributed by atoms with Crippen LogP contribution in [-0.2, 0) is 9.53 Å². The maximum Gasteiger partial charge on any atom is 0.338 e. The zero-order valence-electron chi connectivity index (χ0n) is 19.1. The highest BCUT2D eigenvalue weighted by Gasteiger charge is 2.34. The molecule has 2 heterocycles. The molecule has 9 heteroatoms. The fraction of sp³-hybridized carbons (Fsp3) is 0.192. The van der Waals surface area contributed by atoms with Gasteiger partial charge in [-0.3, -0.25) is 9.36 Å². The summed E-state index contributed by atoms with van der Waals surface area (Å²) in [5, 5.41) is 0.440. The molecule has 0 saturated carbocycles. The summed E-state index contributed by atoms with van der Waals surface area (Å²) in [5.74, 6) is 0.0880. The minimum absolute atomic E-state index is 0.200. The number of allylic oxidation sites excluding steroid dienone is 1. The molecule has 0 radical (unpaired) electrons. The molecule has 0 fully saturated rings. The van der Waals surface area contributed by atoms with E-state index in [2.05, 4.69) is 27.5 Å². The van der Waals surface area contributed by atoms with E-state index in [4.69, 9.17) is 21.1 Å². The largest absolute Gasteiger partial charge is 0.489 e. The monoisotopic (exact) mass is 572 g/mol. The SMILES string of the molecule is C=CCOc1ccc(Br)cc1/C=c1\sc2n(c1=O)[C@H](c1ccccc1Cl)C(C(=O)OCC)=C(C)N=2. The van der Waals surface area contributed by atoms with E-state index in [0.717, 1.165) is 10.0 Å². The lowest BCUT2D eigenvalue weighted by atomic mass is 9.96. The van der Waals surface area contributed by atoms with E-state index in [9.17, 15) is 9.59 Å². The van der Waals surface area contributed by atoms with Gasteiger partial charge in [-0.2, -0.15) is 0 Å². The van der Waals surface area contributed by atoms with Crippen LogP contribution in [0.25, 0.3) is 6.08 Å². The Morgan fingerprint density at radius 3 is 2.80 bits per heavy atom. The third-order valence-electron chi connectivity index (χ3n) is 5.33. The fourth-order valence-electron chi connectivity index (χ4n) is 3.84. The van der Waals surface area contributed by atoms with Gasteiger partial charge in [0.15, 0.2) is 4.80 Å². The molecule has 0 unspecified atom stereocenters. The first-order valence-corrected chi connectivity index (χ1v) is 12.8. The molecule has 0 spiro atoms. The smallest absolute Gasteiger partial charge is 0.338 e. The molecule has 180 valence electrons. The second kappa shape index (κ2) is 10.8. The minimum atomic E-state index is -0.764. The van der Waals surface area contributed by atoms with Crippen LogP contribution in [0.3, 0.4) is 0 Å². The standard InChI is InChI=1S/C26H22BrClN2O4S/c1-4-12-34-20-11-10-17(27)13-16(20)14-21-24(31)30-23(18-8-6-7-9-19(18)28)22(25(32)33-5-2)15(3)29-26(30)35-21/h4,6-11,13-14,23H,1,5,12H2,2-3H3/b21-14-/t23-/m1/s1. The number of carbonyl (C=O) groups is 1. The van der Waals surface area contributed by atoms with Gasteiger partial charge in [-0.1, -0.05) is 69.7 Å². The Hall–Kier alpha value is -2.94. The van der Waals surface area contributed by atoms with Crippen molar-refractivity contribution in [3.63, 3.8) is 0 Å². The van der Waals surface area contributed by atoms with Crippen LogP contribution in [0.1, 0.15) is 31.0 Å². The molecule has 2 aromatic carbocycles. The van der Waals surface area contributed by atoms with E-state index in [1.165, 1.54) is 15.9 Å². The average molecular weight is 574 g/mol. The minimum Gasteiger partial charge on any atom is -0.489 e. The number of carbonyl (C=O) groups excluding carboxylic acids is 1. The van der Waals surface area contributed by atoms with Crippen molar-refractivity contribution in [2.24, 2.45) is 4.99 Å². The van der Waals surface area contributed by atoms with Gasteiger partial charge in [0.25, 0.3) is 5.56 Å². The van der Waals surface area contributed by atoms with Gasteiger partial charge in [0.05, 0.1) is 22.4 Å². The highest BCUT2D eigenvalue weighted by molar-refractivity contribution is 9.10. The number of hydrogen-bond acceptors (Lipinski definition) is 6. The molecule has 1 aliphatic heterocycles. The third kappa shape index (κ3) is 5.05. The summed E-state index contributed by atoms with van der Waals surface area (Å²) in [6.45, 7) is 7.69. The Labute approximate surface area is 219 Å². The summed E-state index contributed by atoms with van der Waals surface area (Å²) in [6.07, 6.45) is 3.42. The summed E-state index contributed by atoms with van der Waals surface area (Å²) >= 11 is 11.3. The summed E-state index contributed by atoms with van der Waals surface area (Å²) in [7, 11) is 0. The molecule has 0 saturated heterocycles. The Kier molecular flexibility index (Phi) is 7.74. The molecule has 1 aliphatic rings. The predicted octanol–water partition coefficient (Wildman–Crippen LogP) is 4.78. The topological polar surface area (TPSA) is 69.9 Å². The number of nitrogens with zero attached hydrogens (tertiary/aromatic N) is 2. The van der Waals surface area contributed by atoms with Crippen molar-refractivity contribution in [2.75, 3.05) is 13.2 Å². The summed E-state index contributed by atoms with van der Waals surface area (Å²) < 4.78 is 13.9. The lowest BCUT2D eigenvalue weighted by molar-refractivity contribution is -0.139. The average Bonchev–Trinajstić information content (AvgIpc) is 3.12. The Morgan fingerprint density at radius 2 is 2.09 bits per heavy atom. The second-order valence-corrected chi connectivity index (χ2v) is 9.94. The normalized spacial score (nSPS) is 15.4. The molecule has 35 heavy (non-hydrogen) atoms. The number of fused-ring (bicyclic) bond motifs is 1. The summed E-state index contributed by atoms with van der Waals surface area (Å²) in [6, 6.07) is 12.0. The summed E-state index contributed by atoms with van der Waals surface area (Å²) in [4.78, 5) is 31.8. The van der Waals surface area contributed by atoms with Crippen molar-refractivity contribution in [2.45, 2.75) is 19.9 Å². The molecular formula is C26H22BrClN2O4S. The number of esters is 1. The number of ether oxygens (including phenoxy) is 2. The van der Waals surface area contributed by atoms with E-state index in [1.807, 2.05) is 24.3 Å². The molecule has 3 aromatic rings. The van der Waals surface area contributed by atoms with Crippen molar-refractivity contribution in [3.8, 4) is 5.75 Å². The lowest BCUT2D eigenvalue weighted by Crippen LogP contribution is -2.40. The number of aromatic nitrogens is 1. The molecule has 0 N–H and O–H groups in total. The van der Waals surface area contributed by atoms with Gasteiger partial charge in [0.2, 0.25) is 0 Å². The van der Waals surface area contributed by atoms with Crippen molar-refractivity contribution >= 4 is 50.9 Å². The van der Waals surface area contributed by atoms with Crippen LogP contribution in [0, 0.1) is 0 Å². The molecule has 4 rings (SSSR count). The van der Waals surface area contributed by atoms with Gasteiger partial charge < -0.3 is 9.47 Å². The van der Waals surface area contributed by atoms with Crippen LogP contribution in [0.15, 0.2) is 80.6 Å². The predicted molar refractivity (Wildman–Crippen MR) is 142 cm³/mol. The van der Waals surface area contributed by atoms with E-state index >= 15 is 0 Å². The zero-order chi connectivity index (χ0) is 25.1. The highest BCUT2D eigenvalue weighted by atomic mass is 79.9. The first-order valence-electron chi connectivity index (χ1n) is 10.8. The number of hydrogen-bond donors (Lipinski definition) is 0. The molecule has 0 bridgehead atoms. The molecule has 0 aliphatic carbocycles. The van der Waals surface area contributed by atoms with Crippen molar-refractivity contribution in [3.05, 3.63) is 107 Å². The van der Waals surface area contributed by atoms with Crippen LogP contribution in [0.2, 0.25) is 5.02 Å². The lowest BCUT2D eigenvalue weighted by Gasteiger charge is -2.25. The van der Waals surface area contributed by atoms with Gasteiger partial charge in [-0.25, -0.2) is 9.79 Å². The van der Waals surface area contributed by atoms with Gasteiger partial charge in [0, 0.05) is 15.1 Å². The summed E-state index contributed by atoms with van der Waals surface area (Å²) in [5.41, 5.74) is 1.83. The van der Waals surface area contributed by atoms with Gasteiger partial charge in [0.1, 0.15) is 18.4 Å². The molecule has 1 atom stereocenters. The van der Waals surface area contributed by atoms with Crippen LogP contribution < -0.4 is 19.6 Å². The number of halogens is 2. The van der Waals surface area contributed by atoms with Crippen LogP contribution in [0.5, 0.6) is 5.75 Å². The Balaban J connectivity index is 1.96. The van der Waals surface area contributed by atoms with Gasteiger partial charge in [-0.05, 0) is 49.8 Å².